The first kappa shape index (κ1) is 13.4. The highest BCUT2D eigenvalue weighted by molar-refractivity contribution is 5.56. The van der Waals surface area contributed by atoms with Crippen LogP contribution in [0.1, 0.15) is 18.1 Å². The molecule has 1 heterocycles. The molecule has 0 spiro atoms. The number of hydrogen-bond donors (Lipinski definition) is 2. The van der Waals surface area contributed by atoms with Crippen molar-refractivity contribution in [3.63, 3.8) is 0 Å². The zero-order valence-corrected chi connectivity index (χ0v) is 11.8. The van der Waals surface area contributed by atoms with Crippen LogP contribution in [0, 0.1) is 13.8 Å². The fraction of sp³-hybridized carbons (Fsp3) is 0.600. The third-order valence-corrected chi connectivity index (χ3v) is 3.83. The fourth-order valence-electron chi connectivity index (χ4n) is 2.60. The number of hydrogen-bond acceptors (Lipinski definition) is 3. The highest BCUT2D eigenvalue weighted by Crippen LogP contribution is 2.19. The molecular formula is C15H25N3. The van der Waals surface area contributed by atoms with E-state index in [9.17, 15) is 0 Å². The third kappa shape index (κ3) is 3.24. The number of aryl methyl sites for hydroxylation is 2. The Labute approximate surface area is 111 Å². The van der Waals surface area contributed by atoms with Crippen LogP contribution in [0.25, 0.3) is 0 Å². The molecule has 0 bridgehead atoms. The average Bonchev–Trinajstić information content (AvgIpc) is 2.39. The van der Waals surface area contributed by atoms with Gasteiger partial charge in [0.05, 0.1) is 0 Å². The Hall–Kier alpha value is -1.06. The molecule has 100 valence electrons. The summed E-state index contributed by atoms with van der Waals surface area (Å²) in [6.45, 7) is 12.2. The quantitative estimate of drug-likeness (QED) is 0.852. The average molecular weight is 247 g/mol. The second-order valence-electron chi connectivity index (χ2n) is 5.28. The number of nitrogens with one attached hydrogen (secondary N) is 2. The molecule has 0 radical (unpaired) electrons. The maximum absolute atomic E-state index is 3.62. The van der Waals surface area contributed by atoms with E-state index in [1.807, 2.05) is 0 Å². The Bertz CT molecular complexity index is 363. The van der Waals surface area contributed by atoms with Crippen molar-refractivity contribution in [3.8, 4) is 0 Å². The standard InChI is InChI=1S/C15H25N3/c1-12-5-4-6-13(2)15(12)17-11-14(3)18-9-7-16-8-10-18/h4-6,14,16-17H,7-11H2,1-3H3. The zero-order valence-electron chi connectivity index (χ0n) is 11.8. The number of anilines is 1. The SMILES string of the molecule is Cc1cccc(C)c1NCC(C)N1CCNCC1. The predicted octanol–water partition coefficient (Wildman–Crippen LogP) is 2.01. The van der Waals surface area contributed by atoms with E-state index in [0.29, 0.717) is 6.04 Å². The van der Waals surface area contributed by atoms with Gasteiger partial charge in [-0.05, 0) is 31.9 Å². The van der Waals surface area contributed by atoms with Gasteiger partial charge in [-0.3, -0.25) is 4.90 Å². The third-order valence-electron chi connectivity index (χ3n) is 3.83. The molecule has 3 heteroatoms. The molecule has 1 aromatic carbocycles. The second-order valence-corrected chi connectivity index (χ2v) is 5.28. The smallest absolute Gasteiger partial charge is 0.0400 e. The summed E-state index contributed by atoms with van der Waals surface area (Å²) >= 11 is 0. The normalized spacial score (nSPS) is 18.6. The van der Waals surface area contributed by atoms with Crippen molar-refractivity contribution in [2.45, 2.75) is 26.8 Å². The maximum Gasteiger partial charge on any atom is 0.0400 e. The lowest BCUT2D eigenvalue weighted by molar-refractivity contribution is 0.191. The van der Waals surface area contributed by atoms with E-state index in [4.69, 9.17) is 0 Å². The van der Waals surface area contributed by atoms with Crippen molar-refractivity contribution in [1.29, 1.82) is 0 Å². The van der Waals surface area contributed by atoms with E-state index >= 15 is 0 Å². The Morgan fingerprint density at radius 1 is 1.22 bits per heavy atom. The van der Waals surface area contributed by atoms with E-state index < -0.39 is 0 Å². The van der Waals surface area contributed by atoms with Crippen LogP contribution in [0.5, 0.6) is 0 Å². The first-order valence-corrected chi connectivity index (χ1v) is 6.93. The van der Waals surface area contributed by atoms with E-state index in [0.717, 1.165) is 32.7 Å². The van der Waals surface area contributed by atoms with Gasteiger partial charge in [0.15, 0.2) is 0 Å². The molecule has 1 unspecified atom stereocenters. The van der Waals surface area contributed by atoms with Crippen molar-refractivity contribution in [1.82, 2.24) is 10.2 Å². The van der Waals surface area contributed by atoms with Gasteiger partial charge in [-0.25, -0.2) is 0 Å². The lowest BCUT2D eigenvalue weighted by Gasteiger charge is -2.33. The minimum Gasteiger partial charge on any atom is -0.383 e. The molecule has 0 saturated carbocycles. The summed E-state index contributed by atoms with van der Waals surface area (Å²) in [6, 6.07) is 7.05. The molecule has 1 fully saturated rings. The summed E-state index contributed by atoms with van der Waals surface area (Å²) < 4.78 is 0. The lowest BCUT2D eigenvalue weighted by atomic mass is 10.1. The molecule has 1 aliphatic rings. The van der Waals surface area contributed by atoms with E-state index in [1.165, 1.54) is 16.8 Å². The van der Waals surface area contributed by atoms with Crippen molar-refractivity contribution in [2.24, 2.45) is 0 Å². The van der Waals surface area contributed by atoms with Gasteiger partial charge in [-0.1, -0.05) is 18.2 Å². The molecule has 1 aromatic rings. The molecule has 0 amide bonds. The van der Waals surface area contributed by atoms with Gasteiger partial charge in [0, 0.05) is 44.5 Å². The maximum atomic E-state index is 3.62. The summed E-state index contributed by atoms with van der Waals surface area (Å²) in [5.74, 6) is 0. The molecule has 1 saturated heterocycles. The monoisotopic (exact) mass is 247 g/mol. The van der Waals surface area contributed by atoms with Gasteiger partial charge in [0.1, 0.15) is 0 Å². The molecule has 0 aliphatic carbocycles. The highest BCUT2D eigenvalue weighted by atomic mass is 15.2. The number of rotatable bonds is 4. The Morgan fingerprint density at radius 2 is 1.83 bits per heavy atom. The van der Waals surface area contributed by atoms with Crippen LogP contribution in [0.4, 0.5) is 5.69 Å². The predicted molar refractivity (Wildman–Crippen MR) is 78.3 cm³/mol. The molecular weight excluding hydrogens is 222 g/mol. The topological polar surface area (TPSA) is 27.3 Å². The Kier molecular flexibility index (Phi) is 4.61. The van der Waals surface area contributed by atoms with Crippen LogP contribution in [0.3, 0.4) is 0 Å². The van der Waals surface area contributed by atoms with Gasteiger partial charge in [-0.15, -0.1) is 0 Å². The Morgan fingerprint density at radius 3 is 2.44 bits per heavy atom. The van der Waals surface area contributed by atoms with E-state index in [-0.39, 0.29) is 0 Å². The summed E-state index contributed by atoms with van der Waals surface area (Å²) in [7, 11) is 0. The first-order chi connectivity index (χ1) is 8.68. The lowest BCUT2D eigenvalue weighted by Crippen LogP contribution is -2.49. The second kappa shape index (κ2) is 6.21. The summed E-state index contributed by atoms with van der Waals surface area (Å²) in [5, 5.41) is 7.02. The summed E-state index contributed by atoms with van der Waals surface area (Å²) in [5.41, 5.74) is 3.98. The largest absolute Gasteiger partial charge is 0.383 e. The van der Waals surface area contributed by atoms with Crippen molar-refractivity contribution in [2.75, 3.05) is 38.0 Å². The first-order valence-electron chi connectivity index (χ1n) is 6.93. The van der Waals surface area contributed by atoms with Gasteiger partial charge in [-0.2, -0.15) is 0 Å². The highest BCUT2D eigenvalue weighted by Gasteiger charge is 2.16. The fourth-order valence-corrected chi connectivity index (χ4v) is 2.60. The molecule has 1 atom stereocenters. The van der Waals surface area contributed by atoms with E-state index in [1.54, 1.807) is 0 Å². The molecule has 0 aromatic heterocycles. The van der Waals surface area contributed by atoms with Crippen LogP contribution in [0.15, 0.2) is 18.2 Å². The summed E-state index contributed by atoms with van der Waals surface area (Å²) in [6.07, 6.45) is 0. The zero-order chi connectivity index (χ0) is 13.0. The number of para-hydroxylation sites is 1. The van der Waals surface area contributed by atoms with Gasteiger partial charge in [0.2, 0.25) is 0 Å². The molecule has 2 rings (SSSR count). The van der Waals surface area contributed by atoms with Crippen LogP contribution in [-0.4, -0.2) is 43.7 Å². The Balaban J connectivity index is 1.90. The van der Waals surface area contributed by atoms with Crippen molar-refractivity contribution < 1.29 is 0 Å². The minimum absolute atomic E-state index is 0.589. The van der Waals surface area contributed by atoms with Crippen LogP contribution < -0.4 is 10.6 Å². The minimum atomic E-state index is 0.589. The number of piperazine rings is 1. The van der Waals surface area contributed by atoms with Crippen molar-refractivity contribution in [3.05, 3.63) is 29.3 Å². The van der Waals surface area contributed by atoms with Crippen LogP contribution >= 0.6 is 0 Å². The van der Waals surface area contributed by atoms with Gasteiger partial charge in [0.25, 0.3) is 0 Å². The molecule has 1 aliphatic heterocycles. The van der Waals surface area contributed by atoms with Crippen LogP contribution in [-0.2, 0) is 0 Å². The molecule has 3 nitrogen and oxygen atoms in total. The number of nitrogens with zero attached hydrogens (tertiary/aromatic N) is 1. The number of benzene rings is 1. The molecule has 18 heavy (non-hydrogen) atoms. The molecule has 2 N–H and O–H groups in total. The van der Waals surface area contributed by atoms with Crippen LogP contribution in [0.2, 0.25) is 0 Å². The van der Waals surface area contributed by atoms with E-state index in [2.05, 4.69) is 54.5 Å². The van der Waals surface area contributed by atoms with Crippen molar-refractivity contribution >= 4 is 5.69 Å². The van der Waals surface area contributed by atoms with Gasteiger partial charge >= 0.3 is 0 Å². The van der Waals surface area contributed by atoms with Gasteiger partial charge < -0.3 is 10.6 Å². The summed E-state index contributed by atoms with van der Waals surface area (Å²) in [4.78, 5) is 2.55.